The van der Waals surface area contributed by atoms with E-state index in [0.29, 0.717) is 31.1 Å². The van der Waals surface area contributed by atoms with Gasteiger partial charge in [0.25, 0.3) is 0 Å². The van der Waals surface area contributed by atoms with Crippen LogP contribution in [0.5, 0.6) is 5.75 Å². The average molecular weight is 499 g/mol. The van der Waals surface area contributed by atoms with Gasteiger partial charge in [0, 0.05) is 31.4 Å². The van der Waals surface area contributed by atoms with Gasteiger partial charge in [-0.05, 0) is 63.5 Å². The van der Waals surface area contributed by atoms with Gasteiger partial charge < -0.3 is 24.4 Å². The molecule has 0 unspecified atom stereocenters. The predicted octanol–water partition coefficient (Wildman–Crippen LogP) is 4.69. The summed E-state index contributed by atoms with van der Waals surface area (Å²) < 4.78 is 30.1. The SMILES string of the molecule is CC(C)OC(=O)CCC[C@H]1CC[C@@H]2[C@@H](/C=C/[C@@H](O)COc3ccc(F)c(Cl)c3)[C@H](O)C[C@@H]2OC1. The highest BCUT2D eigenvalue weighted by molar-refractivity contribution is 6.30. The molecule has 8 heteroatoms. The van der Waals surface area contributed by atoms with Gasteiger partial charge in [0.1, 0.15) is 24.3 Å². The number of ether oxygens (including phenoxy) is 3. The van der Waals surface area contributed by atoms with Crippen LogP contribution in [-0.2, 0) is 14.3 Å². The van der Waals surface area contributed by atoms with Crippen LogP contribution in [0.4, 0.5) is 4.39 Å². The van der Waals surface area contributed by atoms with Crippen molar-refractivity contribution in [1.29, 1.82) is 0 Å². The van der Waals surface area contributed by atoms with Crippen LogP contribution in [-0.4, -0.2) is 53.8 Å². The molecule has 0 amide bonds. The normalized spacial score (nSPS) is 28.0. The topological polar surface area (TPSA) is 85.2 Å². The summed E-state index contributed by atoms with van der Waals surface area (Å²) in [6.07, 6.45) is 6.64. The molecule has 0 radical (unpaired) electrons. The second-order valence-electron chi connectivity index (χ2n) is 9.63. The van der Waals surface area contributed by atoms with Crippen LogP contribution < -0.4 is 4.74 Å². The van der Waals surface area contributed by atoms with Crippen LogP contribution >= 0.6 is 11.6 Å². The number of aliphatic hydroxyl groups is 2. The maximum absolute atomic E-state index is 13.3. The Hall–Kier alpha value is -1.67. The third kappa shape index (κ3) is 7.94. The number of carbonyl (C=O) groups excluding carboxylic acids is 1. The van der Waals surface area contributed by atoms with Gasteiger partial charge in [0.2, 0.25) is 0 Å². The van der Waals surface area contributed by atoms with Gasteiger partial charge in [-0.2, -0.15) is 0 Å². The Morgan fingerprint density at radius 3 is 2.88 bits per heavy atom. The molecule has 1 saturated heterocycles. The monoisotopic (exact) mass is 498 g/mol. The second kappa shape index (κ2) is 12.9. The lowest BCUT2D eigenvalue weighted by Crippen LogP contribution is -2.22. The van der Waals surface area contributed by atoms with Crippen molar-refractivity contribution >= 4 is 17.6 Å². The van der Waals surface area contributed by atoms with Crippen molar-refractivity contribution in [2.45, 2.75) is 76.8 Å². The van der Waals surface area contributed by atoms with Crippen LogP contribution in [0.25, 0.3) is 0 Å². The summed E-state index contributed by atoms with van der Waals surface area (Å²) >= 11 is 5.75. The first-order valence-corrected chi connectivity index (χ1v) is 12.5. The van der Waals surface area contributed by atoms with Gasteiger partial charge in [0.15, 0.2) is 0 Å². The first-order chi connectivity index (χ1) is 16.2. The maximum Gasteiger partial charge on any atom is 0.306 e. The molecule has 1 aromatic rings. The van der Waals surface area contributed by atoms with E-state index in [2.05, 4.69) is 0 Å². The highest BCUT2D eigenvalue weighted by Gasteiger charge is 2.43. The van der Waals surface area contributed by atoms with Crippen LogP contribution in [0.15, 0.2) is 30.4 Å². The predicted molar refractivity (Wildman–Crippen MR) is 127 cm³/mol. The lowest BCUT2D eigenvalue weighted by molar-refractivity contribution is -0.147. The maximum atomic E-state index is 13.3. The molecule has 34 heavy (non-hydrogen) atoms. The molecule has 1 aromatic carbocycles. The van der Waals surface area contributed by atoms with Gasteiger partial charge in [0.05, 0.1) is 23.3 Å². The summed E-state index contributed by atoms with van der Waals surface area (Å²) in [6.45, 7) is 4.33. The van der Waals surface area contributed by atoms with Crippen molar-refractivity contribution in [3.8, 4) is 5.75 Å². The van der Waals surface area contributed by atoms with Crippen molar-refractivity contribution in [1.82, 2.24) is 0 Å². The molecule has 6 atom stereocenters. The van der Waals surface area contributed by atoms with Crippen molar-refractivity contribution in [3.05, 3.63) is 41.2 Å². The Morgan fingerprint density at radius 1 is 1.35 bits per heavy atom. The summed E-state index contributed by atoms with van der Waals surface area (Å²) in [7, 11) is 0. The summed E-state index contributed by atoms with van der Waals surface area (Å²) in [5, 5.41) is 20.8. The Kier molecular flexibility index (Phi) is 10.2. The van der Waals surface area contributed by atoms with E-state index in [-0.39, 0.29) is 41.6 Å². The zero-order valence-electron chi connectivity index (χ0n) is 19.9. The molecule has 1 heterocycles. The third-order valence-corrected chi connectivity index (χ3v) is 6.86. The van der Waals surface area contributed by atoms with Gasteiger partial charge in [-0.15, -0.1) is 0 Å². The van der Waals surface area contributed by atoms with Gasteiger partial charge in [-0.25, -0.2) is 4.39 Å². The second-order valence-corrected chi connectivity index (χ2v) is 10.0. The zero-order valence-corrected chi connectivity index (χ0v) is 20.6. The number of aliphatic hydroxyl groups excluding tert-OH is 2. The van der Waals surface area contributed by atoms with E-state index in [1.54, 1.807) is 6.08 Å². The van der Waals surface area contributed by atoms with Gasteiger partial charge >= 0.3 is 5.97 Å². The van der Waals surface area contributed by atoms with Gasteiger partial charge in [-0.1, -0.05) is 23.8 Å². The van der Waals surface area contributed by atoms with E-state index in [4.69, 9.17) is 25.8 Å². The quantitative estimate of drug-likeness (QED) is 0.359. The number of rotatable bonds is 10. The molecular weight excluding hydrogens is 463 g/mol. The van der Waals surface area contributed by atoms with E-state index in [9.17, 15) is 19.4 Å². The van der Waals surface area contributed by atoms with E-state index in [1.165, 1.54) is 18.2 Å². The number of halogens is 2. The average Bonchev–Trinajstić information content (AvgIpc) is 2.94. The molecule has 1 aliphatic heterocycles. The largest absolute Gasteiger partial charge is 0.490 e. The molecule has 1 saturated carbocycles. The standard InChI is InChI=1S/C26H36ClFO6/c1-16(2)34-26(31)5-3-4-17-6-9-21-20(24(30)13-25(21)33-14-17)10-7-18(29)15-32-19-8-11-23(28)22(27)12-19/h7-8,10-12,16-18,20-21,24-25,29-30H,3-6,9,13-15H2,1-2H3/b10-7+/t17-,18+,20+,21+,24+,25-/m0/s1. The summed E-state index contributed by atoms with van der Waals surface area (Å²) in [5.41, 5.74) is 0. The fraction of sp³-hybridized carbons (Fsp3) is 0.654. The zero-order chi connectivity index (χ0) is 24.7. The van der Waals surface area contributed by atoms with Crippen molar-refractivity contribution in [3.63, 3.8) is 0 Å². The van der Waals surface area contributed by atoms with Crippen molar-refractivity contribution < 1.29 is 33.6 Å². The smallest absolute Gasteiger partial charge is 0.306 e. The van der Waals surface area contributed by atoms with Crippen molar-refractivity contribution in [2.24, 2.45) is 17.8 Å². The number of fused-ring (bicyclic) bond motifs is 1. The van der Waals surface area contributed by atoms with E-state index in [0.717, 1.165) is 25.7 Å². The molecule has 6 nitrogen and oxygen atoms in total. The van der Waals surface area contributed by atoms with Gasteiger partial charge in [-0.3, -0.25) is 4.79 Å². The van der Waals surface area contributed by atoms with E-state index < -0.39 is 18.0 Å². The molecular formula is C26H36ClFO6. The first kappa shape index (κ1) is 26.9. The first-order valence-electron chi connectivity index (χ1n) is 12.2. The molecule has 1 aliphatic carbocycles. The third-order valence-electron chi connectivity index (χ3n) is 6.57. The molecule has 3 rings (SSSR count). The molecule has 190 valence electrons. The minimum Gasteiger partial charge on any atom is -0.490 e. The number of esters is 1. The highest BCUT2D eigenvalue weighted by atomic mass is 35.5. The summed E-state index contributed by atoms with van der Waals surface area (Å²) in [6, 6.07) is 4.03. The van der Waals surface area contributed by atoms with Crippen LogP contribution in [0.1, 0.15) is 52.4 Å². The minimum atomic E-state index is -0.875. The number of benzene rings is 1. The molecule has 0 aromatic heterocycles. The lowest BCUT2D eigenvalue weighted by Gasteiger charge is -2.21. The molecule has 2 aliphatic rings. The molecule has 0 spiro atoms. The Labute approximate surface area is 206 Å². The minimum absolute atomic E-state index is 0.00435. The van der Waals surface area contributed by atoms with Crippen LogP contribution in [0, 0.1) is 23.6 Å². The lowest BCUT2D eigenvalue weighted by atomic mass is 9.86. The molecule has 0 bridgehead atoms. The summed E-state index contributed by atoms with van der Waals surface area (Å²) in [5.74, 6) is 0.174. The molecule has 2 N–H and O–H groups in total. The number of hydrogen-bond acceptors (Lipinski definition) is 6. The number of hydrogen-bond donors (Lipinski definition) is 2. The Bertz CT molecular complexity index is 832. The van der Waals surface area contributed by atoms with E-state index >= 15 is 0 Å². The van der Waals surface area contributed by atoms with Crippen LogP contribution in [0.3, 0.4) is 0 Å². The summed E-state index contributed by atoms with van der Waals surface area (Å²) in [4.78, 5) is 11.7. The number of carbonyl (C=O) groups is 1. The van der Waals surface area contributed by atoms with E-state index in [1.807, 2.05) is 19.9 Å². The fourth-order valence-electron chi connectivity index (χ4n) is 4.86. The van der Waals surface area contributed by atoms with Crippen LogP contribution in [0.2, 0.25) is 5.02 Å². The Balaban J connectivity index is 1.46. The Morgan fingerprint density at radius 2 is 2.15 bits per heavy atom. The van der Waals surface area contributed by atoms with Crippen molar-refractivity contribution in [2.75, 3.05) is 13.2 Å². The fourth-order valence-corrected chi connectivity index (χ4v) is 5.03. The highest BCUT2D eigenvalue weighted by Crippen LogP contribution is 2.42. The molecule has 2 fully saturated rings.